The number of rotatable bonds is 3. The molecule has 0 amide bonds. The molecule has 0 bridgehead atoms. The van der Waals surface area contributed by atoms with Gasteiger partial charge in [-0.25, -0.2) is 0 Å². The summed E-state index contributed by atoms with van der Waals surface area (Å²) >= 11 is 0. The molecule has 2 aliphatic heterocycles. The highest BCUT2D eigenvalue weighted by Gasteiger charge is 2.67. The van der Waals surface area contributed by atoms with Gasteiger partial charge >= 0.3 is 5.97 Å². The van der Waals surface area contributed by atoms with Crippen LogP contribution in [0.4, 0.5) is 0 Å². The van der Waals surface area contributed by atoms with Crippen LogP contribution < -0.4 is 0 Å². The zero-order valence-corrected chi connectivity index (χ0v) is 17.0. The minimum absolute atomic E-state index is 0.0871. The summed E-state index contributed by atoms with van der Waals surface area (Å²) in [6.07, 6.45) is 8.07. The number of hydrogen-bond acceptors (Lipinski definition) is 5. The summed E-state index contributed by atoms with van der Waals surface area (Å²) in [6.45, 7) is 9.34. The Balaban J connectivity index is 1.70. The SMILES string of the molecule is CC(=O)OC1CC(C=O)=CC(C2C3(CCC4C(C)(C)CCCC42C)CO3)O1. The van der Waals surface area contributed by atoms with Crippen LogP contribution >= 0.6 is 0 Å². The summed E-state index contributed by atoms with van der Waals surface area (Å²) in [4.78, 5) is 23.0. The van der Waals surface area contributed by atoms with Crippen molar-refractivity contribution >= 4 is 12.3 Å². The van der Waals surface area contributed by atoms with Crippen LogP contribution in [0.3, 0.4) is 0 Å². The van der Waals surface area contributed by atoms with Crippen molar-refractivity contribution in [3.05, 3.63) is 11.6 Å². The zero-order chi connectivity index (χ0) is 19.4. The number of hydrogen-bond donors (Lipinski definition) is 0. The average Bonchev–Trinajstić information content (AvgIpc) is 3.32. The minimum atomic E-state index is -0.686. The Morgan fingerprint density at radius 1 is 1.26 bits per heavy atom. The molecule has 27 heavy (non-hydrogen) atoms. The standard InChI is InChI=1S/C22H32O5/c1-14(24)26-18-11-15(12-23)10-16(27-18)19-21(4)8-5-7-20(2,3)17(21)6-9-22(19)13-25-22/h10,12,16-19H,5-9,11,13H2,1-4H3. The van der Waals surface area contributed by atoms with E-state index in [1.807, 2.05) is 6.08 Å². The number of fused-ring (bicyclic) bond motifs is 1. The number of carbonyl (C=O) groups excluding carboxylic acids is 2. The summed E-state index contributed by atoms with van der Waals surface area (Å²) in [5.41, 5.74) is 0.896. The maximum atomic E-state index is 11.6. The van der Waals surface area contributed by atoms with E-state index in [0.717, 1.165) is 25.7 Å². The summed E-state index contributed by atoms with van der Waals surface area (Å²) in [7, 11) is 0. The van der Waals surface area contributed by atoms with E-state index < -0.39 is 6.29 Å². The van der Waals surface area contributed by atoms with E-state index in [9.17, 15) is 9.59 Å². The zero-order valence-electron chi connectivity index (χ0n) is 17.0. The molecule has 1 saturated heterocycles. The smallest absolute Gasteiger partial charge is 0.304 e. The van der Waals surface area contributed by atoms with Crippen LogP contribution in [0.1, 0.15) is 66.2 Å². The van der Waals surface area contributed by atoms with Crippen molar-refractivity contribution in [2.45, 2.75) is 84.2 Å². The Bertz CT molecular complexity index is 662. The van der Waals surface area contributed by atoms with Crippen molar-refractivity contribution < 1.29 is 23.8 Å². The molecule has 6 atom stereocenters. The van der Waals surface area contributed by atoms with Crippen molar-refractivity contribution in [2.24, 2.45) is 22.7 Å². The Labute approximate surface area is 161 Å². The lowest BCUT2D eigenvalue weighted by atomic mass is 9.45. The number of aldehydes is 1. The van der Waals surface area contributed by atoms with E-state index in [4.69, 9.17) is 14.2 Å². The van der Waals surface area contributed by atoms with Crippen molar-refractivity contribution in [1.29, 1.82) is 0 Å². The first kappa shape index (κ1) is 19.1. The fourth-order valence-corrected chi connectivity index (χ4v) is 6.75. The molecule has 1 spiro atoms. The Hall–Kier alpha value is -1.20. The molecule has 3 fully saturated rings. The molecule has 2 saturated carbocycles. The molecular formula is C22H32O5. The van der Waals surface area contributed by atoms with Gasteiger partial charge in [0.05, 0.1) is 18.3 Å². The molecule has 0 N–H and O–H groups in total. The van der Waals surface area contributed by atoms with Gasteiger partial charge in [0.15, 0.2) is 0 Å². The third-order valence-corrected chi connectivity index (χ3v) is 7.79. The average molecular weight is 376 g/mol. The van der Waals surface area contributed by atoms with E-state index in [1.165, 1.54) is 26.2 Å². The second-order valence-corrected chi connectivity index (χ2v) is 9.97. The van der Waals surface area contributed by atoms with Gasteiger partial charge in [-0.1, -0.05) is 27.2 Å². The van der Waals surface area contributed by atoms with Gasteiger partial charge in [0.2, 0.25) is 6.29 Å². The lowest BCUT2D eigenvalue weighted by molar-refractivity contribution is -0.213. The van der Waals surface area contributed by atoms with Crippen LogP contribution in [0.2, 0.25) is 0 Å². The molecule has 5 heteroatoms. The molecule has 4 rings (SSSR count). The second-order valence-electron chi connectivity index (χ2n) is 9.97. The van der Waals surface area contributed by atoms with E-state index in [1.54, 1.807) is 0 Å². The molecular weight excluding hydrogens is 344 g/mol. The van der Waals surface area contributed by atoms with E-state index in [0.29, 0.717) is 23.3 Å². The number of carbonyl (C=O) groups is 2. The Morgan fingerprint density at radius 3 is 2.63 bits per heavy atom. The molecule has 2 heterocycles. The van der Waals surface area contributed by atoms with Crippen molar-refractivity contribution in [2.75, 3.05) is 6.61 Å². The highest BCUT2D eigenvalue weighted by molar-refractivity contribution is 5.74. The number of esters is 1. The lowest BCUT2D eigenvalue weighted by Gasteiger charge is -2.60. The van der Waals surface area contributed by atoms with Crippen LogP contribution in [0.15, 0.2) is 11.6 Å². The Kier molecular flexibility index (Phi) is 4.54. The van der Waals surface area contributed by atoms with Gasteiger partial charge in [-0.3, -0.25) is 9.59 Å². The normalized spacial score (nSPS) is 45.6. The third-order valence-electron chi connectivity index (χ3n) is 7.79. The quantitative estimate of drug-likeness (QED) is 0.426. The highest BCUT2D eigenvalue weighted by atomic mass is 16.7. The monoisotopic (exact) mass is 376 g/mol. The molecule has 0 aromatic heterocycles. The number of ether oxygens (including phenoxy) is 3. The fourth-order valence-electron chi connectivity index (χ4n) is 6.75. The topological polar surface area (TPSA) is 65.1 Å². The third kappa shape index (κ3) is 3.17. The van der Waals surface area contributed by atoms with E-state index in [2.05, 4.69) is 20.8 Å². The first-order valence-electron chi connectivity index (χ1n) is 10.3. The van der Waals surface area contributed by atoms with Gasteiger partial charge in [0.25, 0.3) is 0 Å². The molecule has 0 aromatic rings. The second kappa shape index (κ2) is 6.41. The van der Waals surface area contributed by atoms with Gasteiger partial charge < -0.3 is 14.2 Å². The van der Waals surface area contributed by atoms with E-state index in [-0.39, 0.29) is 29.0 Å². The van der Waals surface area contributed by atoms with Gasteiger partial charge in [0, 0.05) is 19.3 Å². The predicted octanol–water partition coefficient (Wildman–Crippen LogP) is 3.80. The Morgan fingerprint density at radius 2 is 2.00 bits per heavy atom. The molecule has 6 unspecified atom stereocenters. The first-order chi connectivity index (χ1) is 12.7. The van der Waals surface area contributed by atoms with Crippen molar-refractivity contribution in [1.82, 2.24) is 0 Å². The maximum Gasteiger partial charge on any atom is 0.304 e. The van der Waals surface area contributed by atoms with Crippen LogP contribution in [0.25, 0.3) is 0 Å². The van der Waals surface area contributed by atoms with Crippen LogP contribution in [0.5, 0.6) is 0 Å². The highest BCUT2D eigenvalue weighted by Crippen LogP contribution is 2.66. The summed E-state index contributed by atoms with van der Waals surface area (Å²) in [5.74, 6) is 0.399. The van der Waals surface area contributed by atoms with Crippen LogP contribution in [-0.4, -0.2) is 36.9 Å². The molecule has 0 radical (unpaired) electrons. The van der Waals surface area contributed by atoms with Crippen molar-refractivity contribution in [3.8, 4) is 0 Å². The van der Waals surface area contributed by atoms with Crippen LogP contribution in [0, 0.1) is 22.7 Å². The first-order valence-corrected chi connectivity index (χ1v) is 10.3. The van der Waals surface area contributed by atoms with Gasteiger partial charge in [-0.15, -0.1) is 0 Å². The summed E-state index contributed by atoms with van der Waals surface area (Å²) < 4.78 is 17.7. The molecule has 4 aliphatic rings. The molecule has 5 nitrogen and oxygen atoms in total. The molecule has 2 aliphatic carbocycles. The summed E-state index contributed by atoms with van der Waals surface area (Å²) in [5, 5.41) is 0. The number of epoxide rings is 1. The summed E-state index contributed by atoms with van der Waals surface area (Å²) in [6, 6.07) is 0. The van der Waals surface area contributed by atoms with E-state index >= 15 is 0 Å². The fraction of sp³-hybridized carbons (Fsp3) is 0.818. The largest absolute Gasteiger partial charge is 0.436 e. The van der Waals surface area contributed by atoms with Crippen molar-refractivity contribution in [3.63, 3.8) is 0 Å². The van der Waals surface area contributed by atoms with Gasteiger partial charge in [-0.05, 0) is 54.1 Å². The minimum Gasteiger partial charge on any atom is -0.436 e. The molecule has 150 valence electrons. The van der Waals surface area contributed by atoms with Gasteiger partial charge in [-0.2, -0.15) is 0 Å². The molecule has 0 aromatic carbocycles. The van der Waals surface area contributed by atoms with Crippen LogP contribution in [-0.2, 0) is 23.8 Å². The van der Waals surface area contributed by atoms with Gasteiger partial charge in [0.1, 0.15) is 6.29 Å². The maximum absolute atomic E-state index is 11.6. The predicted molar refractivity (Wildman–Crippen MR) is 99.8 cm³/mol. The lowest BCUT2D eigenvalue weighted by Crippen LogP contribution is -2.59.